The van der Waals surface area contributed by atoms with Crippen LogP contribution in [0.1, 0.15) is 18.1 Å². The molecule has 1 aromatic carbocycles. The molecule has 2 rings (SSSR count). The number of anilines is 1. The van der Waals surface area contributed by atoms with E-state index in [-0.39, 0.29) is 11.9 Å². The predicted octanol–water partition coefficient (Wildman–Crippen LogP) is 1.30. The van der Waals surface area contributed by atoms with Gasteiger partial charge in [0, 0.05) is 24.8 Å². The standard InChI is InChI=1S/C15H23N3O/c1-10-6-5-7-13(12(10)3)18-9-11(2)17(4)14(8-16)15(18)19/h5-7,11,14H,8-9,16H2,1-4H3. The summed E-state index contributed by atoms with van der Waals surface area (Å²) in [5.74, 6) is 0.108. The molecule has 4 nitrogen and oxygen atoms in total. The van der Waals surface area contributed by atoms with E-state index in [0.29, 0.717) is 12.6 Å². The van der Waals surface area contributed by atoms with Crippen LogP contribution in [0.5, 0.6) is 0 Å². The van der Waals surface area contributed by atoms with E-state index in [9.17, 15) is 4.79 Å². The first-order valence-corrected chi connectivity index (χ1v) is 6.77. The zero-order chi connectivity index (χ0) is 14.2. The number of piperazine rings is 1. The highest BCUT2D eigenvalue weighted by Crippen LogP contribution is 2.27. The molecule has 1 aromatic rings. The zero-order valence-electron chi connectivity index (χ0n) is 12.2. The van der Waals surface area contributed by atoms with E-state index in [1.54, 1.807) is 0 Å². The number of carbonyl (C=O) groups excluding carboxylic acids is 1. The Balaban J connectivity index is 2.39. The lowest BCUT2D eigenvalue weighted by atomic mass is 10.0. The first-order valence-electron chi connectivity index (χ1n) is 6.77. The second kappa shape index (κ2) is 5.31. The third-order valence-corrected chi connectivity index (χ3v) is 4.27. The number of amides is 1. The van der Waals surface area contributed by atoms with Gasteiger partial charge in [-0.25, -0.2) is 0 Å². The summed E-state index contributed by atoms with van der Waals surface area (Å²) in [6, 6.07) is 6.19. The minimum Gasteiger partial charge on any atom is -0.328 e. The Morgan fingerprint density at radius 3 is 2.68 bits per heavy atom. The summed E-state index contributed by atoms with van der Waals surface area (Å²) in [6.45, 7) is 7.35. The van der Waals surface area contributed by atoms with Crippen molar-refractivity contribution in [1.29, 1.82) is 0 Å². The molecule has 2 unspecified atom stereocenters. The fraction of sp³-hybridized carbons (Fsp3) is 0.533. The van der Waals surface area contributed by atoms with E-state index >= 15 is 0 Å². The Morgan fingerprint density at radius 1 is 1.37 bits per heavy atom. The van der Waals surface area contributed by atoms with Crippen LogP contribution < -0.4 is 10.6 Å². The maximum atomic E-state index is 12.6. The van der Waals surface area contributed by atoms with Crippen LogP contribution in [0, 0.1) is 13.8 Å². The fourth-order valence-electron chi connectivity index (χ4n) is 2.66. The Labute approximate surface area is 115 Å². The zero-order valence-corrected chi connectivity index (χ0v) is 12.2. The van der Waals surface area contributed by atoms with E-state index in [4.69, 9.17) is 5.73 Å². The minimum absolute atomic E-state index is 0.108. The molecule has 19 heavy (non-hydrogen) atoms. The molecule has 0 spiro atoms. The lowest BCUT2D eigenvalue weighted by molar-refractivity contribution is -0.126. The molecule has 1 saturated heterocycles. The maximum Gasteiger partial charge on any atom is 0.245 e. The van der Waals surface area contributed by atoms with Crippen LogP contribution in [0.2, 0.25) is 0 Å². The van der Waals surface area contributed by atoms with Crippen LogP contribution in [-0.4, -0.2) is 43.0 Å². The molecule has 0 radical (unpaired) electrons. The Bertz CT molecular complexity index is 486. The van der Waals surface area contributed by atoms with Crippen LogP contribution in [0.15, 0.2) is 18.2 Å². The summed E-state index contributed by atoms with van der Waals surface area (Å²) in [7, 11) is 1.97. The van der Waals surface area contributed by atoms with E-state index in [1.165, 1.54) is 11.1 Å². The Morgan fingerprint density at radius 2 is 2.05 bits per heavy atom. The molecular formula is C15H23N3O. The highest BCUT2D eigenvalue weighted by atomic mass is 16.2. The van der Waals surface area contributed by atoms with Gasteiger partial charge in [-0.15, -0.1) is 0 Å². The van der Waals surface area contributed by atoms with Gasteiger partial charge >= 0.3 is 0 Å². The van der Waals surface area contributed by atoms with E-state index in [2.05, 4.69) is 31.7 Å². The number of benzene rings is 1. The minimum atomic E-state index is -0.219. The van der Waals surface area contributed by atoms with Crippen LogP contribution in [0.25, 0.3) is 0 Å². The van der Waals surface area contributed by atoms with Crippen molar-refractivity contribution < 1.29 is 4.79 Å². The summed E-state index contributed by atoms with van der Waals surface area (Å²) in [5, 5.41) is 0. The number of nitrogens with zero attached hydrogens (tertiary/aromatic N) is 2. The van der Waals surface area contributed by atoms with Gasteiger partial charge in [0.25, 0.3) is 0 Å². The largest absolute Gasteiger partial charge is 0.328 e. The van der Waals surface area contributed by atoms with Gasteiger partial charge in [-0.05, 0) is 45.0 Å². The second-order valence-corrected chi connectivity index (χ2v) is 5.43. The summed E-state index contributed by atoms with van der Waals surface area (Å²) in [4.78, 5) is 16.5. The number of hydrogen-bond donors (Lipinski definition) is 1. The van der Waals surface area contributed by atoms with Crippen LogP contribution >= 0.6 is 0 Å². The van der Waals surface area contributed by atoms with Gasteiger partial charge < -0.3 is 10.6 Å². The van der Waals surface area contributed by atoms with Gasteiger partial charge in [0.2, 0.25) is 5.91 Å². The van der Waals surface area contributed by atoms with Crippen molar-refractivity contribution in [2.75, 3.05) is 25.0 Å². The number of likely N-dealkylation sites (N-methyl/N-ethyl adjacent to an activating group) is 1. The van der Waals surface area contributed by atoms with Gasteiger partial charge in [0.15, 0.2) is 0 Å². The van der Waals surface area contributed by atoms with Crippen LogP contribution in [0.4, 0.5) is 5.69 Å². The van der Waals surface area contributed by atoms with Gasteiger partial charge in [-0.1, -0.05) is 12.1 Å². The van der Waals surface area contributed by atoms with Gasteiger partial charge in [0.05, 0.1) is 0 Å². The summed E-state index contributed by atoms with van der Waals surface area (Å²) in [5.41, 5.74) is 9.16. The molecule has 4 heteroatoms. The van der Waals surface area contributed by atoms with Crippen LogP contribution in [-0.2, 0) is 4.79 Å². The first kappa shape index (κ1) is 14.0. The molecule has 1 aliphatic rings. The van der Waals surface area contributed by atoms with E-state index < -0.39 is 0 Å². The number of hydrogen-bond acceptors (Lipinski definition) is 3. The van der Waals surface area contributed by atoms with Gasteiger partial charge in [-0.2, -0.15) is 0 Å². The monoisotopic (exact) mass is 261 g/mol. The van der Waals surface area contributed by atoms with Crippen molar-refractivity contribution in [3.63, 3.8) is 0 Å². The average molecular weight is 261 g/mol. The molecule has 0 aliphatic carbocycles. The smallest absolute Gasteiger partial charge is 0.245 e. The second-order valence-electron chi connectivity index (χ2n) is 5.43. The summed E-state index contributed by atoms with van der Waals surface area (Å²) >= 11 is 0. The number of carbonyl (C=O) groups is 1. The van der Waals surface area contributed by atoms with Crippen molar-refractivity contribution in [3.05, 3.63) is 29.3 Å². The van der Waals surface area contributed by atoms with Crippen molar-refractivity contribution in [2.45, 2.75) is 32.9 Å². The number of rotatable bonds is 2. The van der Waals surface area contributed by atoms with Crippen molar-refractivity contribution in [2.24, 2.45) is 5.73 Å². The molecule has 0 saturated carbocycles. The number of nitrogens with two attached hydrogens (primary N) is 1. The molecule has 0 aromatic heterocycles. The topological polar surface area (TPSA) is 49.6 Å². The van der Waals surface area contributed by atoms with E-state index in [0.717, 1.165) is 12.2 Å². The van der Waals surface area contributed by atoms with Crippen molar-refractivity contribution >= 4 is 11.6 Å². The van der Waals surface area contributed by atoms with Crippen molar-refractivity contribution in [3.8, 4) is 0 Å². The molecular weight excluding hydrogens is 238 g/mol. The molecule has 1 heterocycles. The fourth-order valence-corrected chi connectivity index (χ4v) is 2.66. The average Bonchev–Trinajstić information content (AvgIpc) is 2.38. The molecule has 1 amide bonds. The number of aryl methyl sites for hydroxylation is 1. The molecule has 1 fully saturated rings. The molecule has 1 aliphatic heterocycles. The molecule has 2 N–H and O–H groups in total. The molecule has 104 valence electrons. The first-order chi connectivity index (χ1) is 8.97. The van der Waals surface area contributed by atoms with Crippen LogP contribution in [0.3, 0.4) is 0 Å². The summed E-state index contributed by atoms with van der Waals surface area (Å²) in [6.07, 6.45) is 0. The Hall–Kier alpha value is -1.39. The lowest BCUT2D eigenvalue weighted by Crippen LogP contribution is -2.62. The predicted molar refractivity (Wildman–Crippen MR) is 78.3 cm³/mol. The highest BCUT2D eigenvalue weighted by molar-refractivity contribution is 5.99. The maximum absolute atomic E-state index is 12.6. The van der Waals surface area contributed by atoms with E-state index in [1.807, 2.05) is 24.1 Å². The lowest BCUT2D eigenvalue weighted by Gasteiger charge is -2.43. The normalized spacial score (nSPS) is 24.9. The summed E-state index contributed by atoms with van der Waals surface area (Å²) < 4.78 is 0. The molecule has 0 bridgehead atoms. The van der Waals surface area contributed by atoms with Crippen molar-refractivity contribution in [1.82, 2.24) is 4.90 Å². The third-order valence-electron chi connectivity index (χ3n) is 4.27. The van der Waals surface area contributed by atoms with Gasteiger partial charge in [-0.3, -0.25) is 9.69 Å². The third kappa shape index (κ3) is 2.38. The highest BCUT2D eigenvalue weighted by Gasteiger charge is 2.36. The SMILES string of the molecule is Cc1cccc(N2CC(C)N(C)C(CN)C2=O)c1C. The van der Waals surface area contributed by atoms with Gasteiger partial charge in [0.1, 0.15) is 6.04 Å². The Kier molecular flexibility index (Phi) is 3.92. The molecule has 2 atom stereocenters. The quantitative estimate of drug-likeness (QED) is 0.873.